The summed E-state index contributed by atoms with van der Waals surface area (Å²) in [5, 5.41) is 0. The van der Waals surface area contributed by atoms with Crippen LogP contribution in [0.5, 0.6) is 0 Å². The number of rotatable bonds is 4. The van der Waals surface area contributed by atoms with E-state index in [0.29, 0.717) is 44.5 Å². The predicted molar refractivity (Wildman–Crippen MR) is 103 cm³/mol. The molecular formula is C21H28FN4O+. The molecule has 1 aromatic carbocycles. The van der Waals surface area contributed by atoms with Crippen LogP contribution >= 0.6 is 0 Å². The molecule has 0 spiro atoms. The fraction of sp³-hybridized carbons (Fsp3) is 0.476. The molecule has 0 aliphatic carbocycles. The van der Waals surface area contributed by atoms with Gasteiger partial charge in [-0.3, -0.25) is 4.79 Å². The third-order valence-corrected chi connectivity index (χ3v) is 6.03. The maximum Gasteiger partial charge on any atom is 0.277 e. The Hall–Kier alpha value is -2.34. The average Bonchev–Trinajstić information content (AvgIpc) is 3.30. The molecule has 1 N–H and O–H groups in total. The number of likely N-dealkylation sites (tertiary alicyclic amines) is 1. The van der Waals surface area contributed by atoms with E-state index in [1.165, 1.54) is 23.1 Å². The normalized spacial score (nSPS) is 23.0. The van der Waals surface area contributed by atoms with Crippen LogP contribution < -0.4 is 9.80 Å². The topological polar surface area (TPSA) is 32.9 Å². The maximum absolute atomic E-state index is 14.0. The van der Waals surface area contributed by atoms with Crippen molar-refractivity contribution < 1.29 is 14.1 Å². The molecule has 2 atom stereocenters. The molecule has 2 saturated heterocycles. The molecule has 2 aliphatic heterocycles. The van der Waals surface area contributed by atoms with Crippen molar-refractivity contribution in [2.75, 3.05) is 44.2 Å². The van der Waals surface area contributed by atoms with E-state index in [9.17, 15) is 9.18 Å². The Labute approximate surface area is 160 Å². The zero-order valence-corrected chi connectivity index (χ0v) is 15.9. The molecule has 2 aromatic rings. The van der Waals surface area contributed by atoms with Crippen LogP contribution in [0.25, 0.3) is 0 Å². The van der Waals surface area contributed by atoms with E-state index in [-0.39, 0.29) is 11.7 Å². The molecule has 0 radical (unpaired) electrons. The van der Waals surface area contributed by atoms with Crippen molar-refractivity contribution in [2.45, 2.75) is 18.9 Å². The molecule has 27 heavy (non-hydrogen) atoms. The number of benzene rings is 1. The minimum absolute atomic E-state index is 0.191. The molecule has 144 valence electrons. The van der Waals surface area contributed by atoms with E-state index in [1.54, 1.807) is 6.07 Å². The SMILES string of the molecule is Cn1cccc1[C@H]1CCC[NH+]1CC(=O)N1CCN(c2ccccc2F)CC1. The van der Waals surface area contributed by atoms with Crippen LogP contribution in [0.2, 0.25) is 0 Å². The molecule has 2 aliphatic rings. The van der Waals surface area contributed by atoms with Gasteiger partial charge in [0.15, 0.2) is 6.54 Å². The first-order valence-electron chi connectivity index (χ1n) is 9.86. The van der Waals surface area contributed by atoms with Gasteiger partial charge in [-0.1, -0.05) is 12.1 Å². The number of para-hydroxylation sites is 1. The molecule has 4 rings (SSSR count). The van der Waals surface area contributed by atoms with Crippen molar-refractivity contribution in [3.05, 3.63) is 54.1 Å². The van der Waals surface area contributed by atoms with Crippen LogP contribution in [0.3, 0.4) is 0 Å². The molecule has 5 nitrogen and oxygen atoms in total. The van der Waals surface area contributed by atoms with Crippen molar-refractivity contribution in [3.63, 3.8) is 0 Å². The lowest BCUT2D eigenvalue weighted by Crippen LogP contribution is -3.11. The molecular weight excluding hydrogens is 343 g/mol. The van der Waals surface area contributed by atoms with Crippen molar-refractivity contribution in [2.24, 2.45) is 7.05 Å². The molecule has 3 heterocycles. The van der Waals surface area contributed by atoms with Crippen LogP contribution in [0.1, 0.15) is 24.6 Å². The summed E-state index contributed by atoms with van der Waals surface area (Å²) in [6, 6.07) is 11.5. The lowest BCUT2D eigenvalue weighted by atomic mass is 10.1. The number of carbonyl (C=O) groups excluding carboxylic acids is 1. The van der Waals surface area contributed by atoms with Crippen molar-refractivity contribution in [1.82, 2.24) is 9.47 Å². The number of anilines is 1. The van der Waals surface area contributed by atoms with E-state index < -0.39 is 0 Å². The van der Waals surface area contributed by atoms with Gasteiger partial charge in [0, 0.05) is 52.3 Å². The smallest absolute Gasteiger partial charge is 0.277 e. The van der Waals surface area contributed by atoms with E-state index >= 15 is 0 Å². The molecule has 0 saturated carbocycles. The first-order chi connectivity index (χ1) is 13.1. The van der Waals surface area contributed by atoms with Gasteiger partial charge in [0.2, 0.25) is 0 Å². The molecule has 1 unspecified atom stereocenters. The number of amides is 1. The summed E-state index contributed by atoms with van der Waals surface area (Å²) in [4.78, 5) is 18.2. The Balaban J connectivity index is 1.34. The first-order valence-corrected chi connectivity index (χ1v) is 9.86. The highest BCUT2D eigenvalue weighted by Crippen LogP contribution is 2.21. The number of carbonyl (C=O) groups is 1. The van der Waals surface area contributed by atoms with Gasteiger partial charge >= 0.3 is 0 Å². The number of hydrogen-bond donors (Lipinski definition) is 1. The second-order valence-electron chi connectivity index (χ2n) is 7.64. The molecule has 1 amide bonds. The van der Waals surface area contributed by atoms with Crippen LogP contribution in [0.15, 0.2) is 42.6 Å². The van der Waals surface area contributed by atoms with Gasteiger partial charge in [0.05, 0.1) is 17.9 Å². The third-order valence-electron chi connectivity index (χ3n) is 6.03. The van der Waals surface area contributed by atoms with Crippen molar-refractivity contribution >= 4 is 11.6 Å². The summed E-state index contributed by atoms with van der Waals surface area (Å²) >= 11 is 0. The zero-order chi connectivity index (χ0) is 18.8. The predicted octanol–water partition coefficient (Wildman–Crippen LogP) is 1.23. The monoisotopic (exact) mass is 371 g/mol. The number of nitrogens with one attached hydrogen (secondary N) is 1. The van der Waals surface area contributed by atoms with E-state index in [2.05, 4.69) is 29.9 Å². The Morgan fingerprint density at radius 2 is 1.93 bits per heavy atom. The molecule has 0 bridgehead atoms. The fourth-order valence-corrected chi connectivity index (χ4v) is 4.53. The largest absolute Gasteiger partial charge is 0.366 e. The van der Waals surface area contributed by atoms with Gasteiger partial charge in [-0.15, -0.1) is 0 Å². The number of piperazine rings is 1. The summed E-state index contributed by atoms with van der Waals surface area (Å²) in [7, 11) is 2.08. The second-order valence-corrected chi connectivity index (χ2v) is 7.64. The Morgan fingerprint density at radius 1 is 1.15 bits per heavy atom. The van der Waals surface area contributed by atoms with Crippen LogP contribution in [-0.2, 0) is 11.8 Å². The highest BCUT2D eigenvalue weighted by Gasteiger charge is 2.34. The van der Waals surface area contributed by atoms with Crippen LogP contribution in [-0.4, -0.2) is 54.6 Å². The molecule has 1 aromatic heterocycles. The number of nitrogens with zero attached hydrogens (tertiary/aromatic N) is 3. The van der Waals surface area contributed by atoms with Gasteiger partial charge in [0.25, 0.3) is 5.91 Å². The summed E-state index contributed by atoms with van der Waals surface area (Å²) in [5.41, 5.74) is 1.96. The minimum Gasteiger partial charge on any atom is -0.366 e. The summed E-state index contributed by atoms with van der Waals surface area (Å²) < 4.78 is 16.2. The summed E-state index contributed by atoms with van der Waals surface area (Å²) in [5.74, 6) is 0.0310. The zero-order valence-electron chi connectivity index (χ0n) is 15.9. The van der Waals surface area contributed by atoms with Crippen LogP contribution in [0.4, 0.5) is 10.1 Å². The number of aromatic nitrogens is 1. The highest BCUT2D eigenvalue weighted by molar-refractivity contribution is 5.77. The second kappa shape index (κ2) is 7.72. The van der Waals surface area contributed by atoms with Gasteiger partial charge in [-0.05, 0) is 24.3 Å². The summed E-state index contributed by atoms with van der Waals surface area (Å²) in [6.45, 7) is 4.29. The average molecular weight is 371 g/mol. The number of aryl methyl sites for hydroxylation is 1. The van der Waals surface area contributed by atoms with E-state index in [1.807, 2.05) is 21.9 Å². The quantitative estimate of drug-likeness (QED) is 0.877. The standard InChI is InChI=1S/C21H27FN4O/c1-23-10-4-8-19(23)20-9-5-11-26(20)16-21(27)25-14-12-24(13-15-25)18-7-3-2-6-17(18)22/h2-4,6-8,10,20H,5,9,11-16H2,1H3/p+1/t20-/m1/s1. The lowest BCUT2D eigenvalue weighted by Gasteiger charge is -2.36. The van der Waals surface area contributed by atoms with Gasteiger partial charge in [0.1, 0.15) is 11.9 Å². The van der Waals surface area contributed by atoms with Crippen LogP contribution in [0, 0.1) is 5.82 Å². The van der Waals surface area contributed by atoms with Crippen molar-refractivity contribution in [1.29, 1.82) is 0 Å². The van der Waals surface area contributed by atoms with Crippen molar-refractivity contribution in [3.8, 4) is 0 Å². The molecule has 6 heteroatoms. The number of halogens is 1. The lowest BCUT2D eigenvalue weighted by molar-refractivity contribution is -0.911. The van der Waals surface area contributed by atoms with Gasteiger partial charge in [-0.2, -0.15) is 0 Å². The van der Waals surface area contributed by atoms with E-state index in [0.717, 1.165) is 13.0 Å². The fourth-order valence-electron chi connectivity index (χ4n) is 4.53. The first kappa shape index (κ1) is 18.0. The Kier molecular flexibility index (Phi) is 5.16. The summed E-state index contributed by atoms with van der Waals surface area (Å²) in [6.07, 6.45) is 4.38. The Morgan fingerprint density at radius 3 is 2.63 bits per heavy atom. The van der Waals surface area contributed by atoms with E-state index in [4.69, 9.17) is 0 Å². The number of quaternary nitrogens is 1. The Bertz CT molecular complexity index is 797. The number of hydrogen-bond acceptors (Lipinski definition) is 2. The highest BCUT2D eigenvalue weighted by atomic mass is 19.1. The minimum atomic E-state index is -0.191. The molecule has 2 fully saturated rings. The third kappa shape index (κ3) is 3.72. The maximum atomic E-state index is 14.0. The van der Waals surface area contributed by atoms with Gasteiger partial charge in [-0.25, -0.2) is 4.39 Å². The van der Waals surface area contributed by atoms with Gasteiger partial charge < -0.3 is 19.3 Å².